The van der Waals surface area contributed by atoms with E-state index in [9.17, 15) is 14.3 Å². The zero-order valence-electron chi connectivity index (χ0n) is 19.2. The molecule has 0 radical (unpaired) electrons. The summed E-state index contributed by atoms with van der Waals surface area (Å²) in [6.45, 7) is 4.86. The van der Waals surface area contributed by atoms with Gasteiger partial charge in [0.15, 0.2) is 0 Å². The molecule has 33 heavy (non-hydrogen) atoms. The number of hydrogen-bond donors (Lipinski definition) is 2. The summed E-state index contributed by atoms with van der Waals surface area (Å²) in [6, 6.07) is 14.2. The zero-order valence-corrected chi connectivity index (χ0v) is 19.2. The summed E-state index contributed by atoms with van der Waals surface area (Å²) in [7, 11) is 0. The van der Waals surface area contributed by atoms with E-state index in [0.717, 1.165) is 47.7 Å². The van der Waals surface area contributed by atoms with E-state index in [2.05, 4.69) is 28.4 Å². The SMILES string of the molecule is C[C@H](NC(=O)[C@H]1C[C@H](F)C1)c1ccc(CN2Cc3ccc(OCC4CC4)cc3C(O)C2)cc1. The second kappa shape index (κ2) is 9.43. The summed E-state index contributed by atoms with van der Waals surface area (Å²) < 4.78 is 18.9. The standard InChI is InChI=1S/C27H33FN2O3/c1-17(29-27(32)22-10-23(28)11-22)20-6-4-18(5-7-20)13-30-14-21-8-9-24(33-16-19-2-3-19)12-25(21)26(31)15-30/h4-9,12,17,19,22-23,26,31H,2-3,10-11,13-16H2,1H3,(H,29,32)/t17-,22-,23-,26?/m0/s1. The van der Waals surface area contributed by atoms with Gasteiger partial charge in [-0.2, -0.15) is 0 Å². The van der Waals surface area contributed by atoms with Crippen molar-refractivity contribution < 1.29 is 19.0 Å². The van der Waals surface area contributed by atoms with Gasteiger partial charge in [0.1, 0.15) is 11.9 Å². The first-order valence-electron chi connectivity index (χ1n) is 12.1. The van der Waals surface area contributed by atoms with Gasteiger partial charge in [-0.1, -0.05) is 30.3 Å². The fraction of sp³-hybridized carbons (Fsp3) is 0.519. The maximum absolute atomic E-state index is 13.0. The summed E-state index contributed by atoms with van der Waals surface area (Å²) in [4.78, 5) is 14.4. The van der Waals surface area contributed by atoms with Crippen molar-refractivity contribution in [1.29, 1.82) is 0 Å². The van der Waals surface area contributed by atoms with Crippen LogP contribution in [0, 0.1) is 11.8 Å². The minimum absolute atomic E-state index is 0.0532. The number of aliphatic hydroxyl groups excluding tert-OH is 1. The molecule has 1 heterocycles. The number of fused-ring (bicyclic) bond motifs is 1. The molecule has 2 saturated carbocycles. The molecule has 2 fully saturated rings. The predicted octanol–water partition coefficient (Wildman–Crippen LogP) is 4.45. The lowest BCUT2D eigenvalue weighted by molar-refractivity contribution is -0.130. The lowest BCUT2D eigenvalue weighted by atomic mass is 9.82. The molecule has 2 atom stereocenters. The Morgan fingerprint density at radius 3 is 2.67 bits per heavy atom. The number of carbonyl (C=O) groups is 1. The van der Waals surface area contributed by atoms with Crippen LogP contribution < -0.4 is 10.1 Å². The van der Waals surface area contributed by atoms with Gasteiger partial charge >= 0.3 is 0 Å². The molecule has 0 saturated heterocycles. The number of hydrogen-bond acceptors (Lipinski definition) is 4. The number of nitrogens with one attached hydrogen (secondary N) is 1. The van der Waals surface area contributed by atoms with Gasteiger partial charge in [-0.25, -0.2) is 4.39 Å². The monoisotopic (exact) mass is 452 g/mol. The van der Waals surface area contributed by atoms with Crippen LogP contribution in [0.15, 0.2) is 42.5 Å². The molecule has 0 bridgehead atoms. The minimum Gasteiger partial charge on any atom is -0.493 e. The van der Waals surface area contributed by atoms with Gasteiger partial charge in [-0.15, -0.1) is 0 Å². The quantitative estimate of drug-likeness (QED) is 0.621. The van der Waals surface area contributed by atoms with Crippen LogP contribution in [0.2, 0.25) is 0 Å². The maximum Gasteiger partial charge on any atom is 0.223 e. The fourth-order valence-corrected chi connectivity index (χ4v) is 4.73. The highest BCUT2D eigenvalue weighted by Gasteiger charge is 2.35. The number of halogens is 1. The number of benzene rings is 2. The van der Waals surface area contributed by atoms with Gasteiger partial charge in [0, 0.05) is 25.6 Å². The molecule has 0 spiro atoms. The third kappa shape index (κ3) is 5.39. The Morgan fingerprint density at radius 2 is 1.97 bits per heavy atom. The number of nitrogens with zero attached hydrogens (tertiary/aromatic N) is 1. The molecule has 5 rings (SSSR count). The molecule has 2 aromatic rings. The first-order valence-corrected chi connectivity index (χ1v) is 12.1. The van der Waals surface area contributed by atoms with Crippen molar-refractivity contribution in [2.75, 3.05) is 13.2 Å². The summed E-state index contributed by atoms with van der Waals surface area (Å²) >= 11 is 0. The van der Waals surface area contributed by atoms with Gasteiger partial charge in [-0.05, 0) is 72.9 Å². The second-order valence-corrected chi connectivity index (χ2v) is 10.0. The second-order valence-electron chi connectivity index (χ2n) is 10.0. The van der Waals surface area contributed by atoms with Crippen LogP contribution in [-0.4, -0.2) is 35.2 Å². The maximum atomic E-state index is 13.0. The molecule has 1 aliphatic heterocycles. The Balaban J connectivity index is 1.15. The number of rotatable bonds is 8. The van der Waals surface area contributed by atoms with E-state index in [1.54, 1.807) is 0 Å². The largest absolute Gasteiger partial charge is 0.493 e. The van der Waals surface area contributed by atoms with Crippen LogP contribution in [0.5, 0.6) is 5.75 Å². The van der Waals surface area contributed by atoms with E-state index in [0.29, 0.717) is 25.3 Å². The van der Waals surface area contributed by atoms with Crippen LogP contribution >= 0.6 is 0 Å². The highest BCUT2D eigenvalue weighted by molar-refractivity contribution is 5.80. The molecular formula is C27H33FN2O3. The van der Waals surface area contributed by atoms with Crippen molar-refractivity contribution in [2.45, 2.75) is 64.0 Å². The number of aliphatic hydroxyl groups is 1. The van der Waals surface area contributed by atoms with E-state index in [4.69, 9.17) is 4.74 Å². The molecule has 1 unspecified atom stereocenters. The number of ether oxygens (including phenoxy) is 1. The van der Waals surface area contributed by atoms with E-state index in [1.807, 2.05) is 31.2 Å². The smallest absolute Gasteiger partial charge is 0.223 e. The predicted molar refractivity (Wildman–Crippen MR) is 124 cm³/mol. The summed E-state index contributed by atoms with van der Waals surface area (Å²) in [5, 5.41) is 13.8. The summed E-state index contributed by atoms with van der Waals surface area (Å²) in [6.07, 6.45) is 1.87. The summed E-state index contributed by atoms with van der Waals surface area (Å²) in [5.41, 5.74) is 4.32. The molecule has 1 amide bonds. The van der Waals surface area contributed by atoms with Crippen LogP contribution in [-0.2, 0) is 17.9 Å². The third-order valence-electron chi connectivity index (χ3n) is 7.18. The lowest BCUT2D eigenvalue weighted by Crippen LogP contribution is -2.40. The van der Waals surface area contributed by atoms with Gasteiger partial charge in [0.25, 0.3) is 0 Å². The Bertz CT molecular complexity index is 985. The minimum atomic E-state index is -0.821. The molecular weight excluding hydrogens is 419 g/mol. The molecule has 176 valence electrons. The molecule has 2 aromatic carbocycles. The average Bonchev–Trinajstić information content (AvgIpc) is 3.61. The first-order chi connectivity index (χ1) is 15.9. The number of carbonyl (C=O) groups excluding carboxylic acids is 1. The highest BCUT2D eigenvalue weighted by atomic mass is 19.1. The van der Waals surface area contributed by atoms with Crippen molar-refractivity contribution in [3.05, 3.63) is 64.7 Å². The fourth-order valence-electron chi connectivity index (χ4n) is 4.73. The Kier molecular flexibility index (Phi) is 6.39. The molecule has 2 N–H and O–H groups in total. The Morgan fingerprint density at radius 1 is 1.21 bits per heavy atom. The van der Waals surface area contributed by atoms with Gasteiger partial charge in [-0.3, -0.25) is 9.69 Å². The topological polar surface area (TPSA) is 61.8 Å². The lowest BCUT2D eigenvalue weighted by Gasteiger charge is -2.32. The van der Waals surface area contributed by atoms with Crippen molar-refractivity contribution in [3.8, 4) is 5.75 Å². The molecule has 3 aliphatic rings. The van der Waals surface area contributed by atoms with E-state index in [-0.39, 0.29) is 17.9 Å². The van der Waals surface area contributed by atoms with E-state index >= 15 is 0 Å². The van der Waals surface area contributed by atoms with Gasteiger partial charge in [0.2, 0.25) is 5.91 Å². The Hall–Kier alpha value is -2.44. The zero-order chi connectivity index (χ0) is 22.9. The van der Waals surface area contributed by atoms with E-state index < -0.39 is 12.3 Å². The number of β-amino-alcohol motifs (C(OH)–C–C–N with tert-alkyl or cyclic N) is 1. The normalized spacial score (nSPS) is 25.6. The molecule has 0 aromatic heterocycles. The van der Waals surface area contributed by atoms with Crippen molar-refractivity contribution in [3.63, 3.8) is 0 Å². The number of alkyl halides is 1. The van der Waals surface area contributed by atoms with Crippen molar-refractivity contribution in [2.24, 2.45) is 11.8 Å². The van der Waals surface area contributed by atoms with Gasteiger partial charge < -0.3 is 15.2 Å². The van der Waals surface area contributed by atoms with Crippen LogP contribution in [0.4, 0.5) is 4.39 Å². The highest BCUT2D eigenvalue weighted by Crippen LogP contribution is 2.33. The van der Waals surface area contributed by atoms with Crippen LogP contribution in [0.1, 0.15) is 67.0 Å². The van der Waals surface area contributed by atoms with Crippen molar-refractivity contribution in [1.82, 2.24) is 10.2 Å². The number of amides is 1. The summed E-state index contributed by atoms with van der Waals surface area (Å²) in [5.74, 6) is 1.32. The van der Waals surface area contributed by atoms with Crippen LogP contribution in [0.25, 0.3) is 0 Å². The molecule has 5 nitrogen and oxygen atoms in total. The van der Waals surface area contributed by atoms with E-state index in [1.165, 1.54) is 12.8 Å². The molecule has 6 heteroatoms. The molecule has 2 aliphatic carbocycles. The Labute approximate surface area is 194 Å². The van der Waals surface area contributed by atoms with Gasteiger partial charge in [0.05, 0.1) is 18.8 Å². The average molecular weight is 453 g/mol. The van der Waals surface area contributed by atoms with Crippen molar-refractivity contribution >= 4 is 5.91 Å². The van der Waals surface area contributed by atoms with Crippen LogP contribution in [0.3, 0.4) is 0 Å². The third-order valence-corrected chi connectivity index (χ3v) is 7.18. The first kappa shape index (κ1) is 22.4.